The van der Waals surface area contributed by atoms with Gasteiger partial charge >= 0.3 is 5.97 Å². The summed E-state index contributed by atoms with van der Waals surface area (Å²) in [5.41, 5.74) is 0.602. The summed E-state index contributed by atoms with van der Waals surface area (Å²) in [6, 6.07) is 8.36. The highest BCUT2D eigenvalue weighted by Crippen LogP contribution is 2.35. The predicted octanol–water partition coefficient (Wildman–Crippen LogP) is 2.87. The second kappa shape index (κ2) is 6.06. The molecule has 1 unspecified atom stereocenters. The number of benzene rings is 1. The molecule has 0 radical (unpaired) electrons. The van der Waals surface area contributed by atoms with Crippen molar-refractivity contribution in [2.24, 2.45) is 0 Å². The molecule has 3 atom stereocenters. The van der Waals surface area contributed by atoms with Crippen LogP contribution in [0.15, 0.2) is 24.3 Å². The highest BCUT2D eigenvalue weighted by Gasteiger charge is 2.39. The number of nitrogens with zero attached hydrogens (tertiary/aromatic N) is 1. The van der Waals surface area contributed by atoms with Crippen LogP contribution in [0.5, 0.6) is 5.75 Å². The summed E-state index contributed by atoms with van der Waals surface area (Å²) in [5, 5.41) is 0. The molecule has 1 aromatic carbocycles. The van der Waals surface area contributed by atoms with Crippen molar-refractivity contribution < 1.29 is 14.3 Å². The summed E-state index contributed by atoms with van der Waals surface area (Å²) in [6.07, 6.45) is 4.47. The Balaban J connectivity index is 1.59. The number of carbonyl (C=O) groups is 1. The fraction of sp³-hybridized carbons (Fsp3) is 0.588. The zero-order valence-corrected chi connectivity index (χ0v) is 12.7. The molecule has 1 aromatic rings. The van der Waals surface area contributed by atoms with E-state index < -0.39 is 0 Å². The van der Waals surface area contributed by atoms with Gasteiger partial charge in [0.2, 0.25) is 0 Å². The topological polar surface area (TPSA) is 38.8 Å². The van der Waals surface area contributed by atoms with Gasteiger partial charge in [0, 0.05) is 24.9 Å². The molecule has 2 fully saturated rings. The van der Waals surface area contributed by atoms with Gasteiger partial charge in [-0.05, 0) is 51.1 Å². The Morgan fingerprint density at radius 2 is 1.81 bits per heavy atom. The van der Waals surface area contributed by atoms with E-state index in [1.165, 1.54) is 12.8 Å². The van der Waals surface area contributed by atoms with E-state index in [-0.39, 0.29) is 12.1 Å². The number of rotatable bonds is 4. The average molecular weight is 289 g/mol. The zero-order valence-electron chi connectivity index (χ0n) is 12.7. The molecule has 0 aromatic heterocycles. The third kappa shape index (κ3) is 3.05. The average Bonchev–Trinajstić information content (AvgIpc) is 2.71. The number of fused-ring (bicyclic) bond motifs is 2. The second-order valence-electron chi connectivity index (χ2n) is 6.01. The first-order chi connectivity index (χ1) is 10.2. The predicted molar refractivity (Wildman–Crippen MR) is 80.6 cm³/mol. The second-order valence-corrected chi connectivity index (χ2v) is 6.01. The largest absolute Gasteiger partial charge is 0.494 e. The molecular weight excluding hydrogens is 266 g/mol. The third-order valence-electron chi connectivity index (χ3n) is 4.73. The van der Waals surface area contributed by atoms with Gasteiger partial charge in [-0.3, -0.25) is 0 Å². The van der Waals surface area contributed by atoms with Crippen LogP contribution < -0.4 is 4.74 Å². The first-order valence-corrected chi connectivity index (χ1v) is 7.83. The molecule has 0 aliphatic carbocycles. The van der Waals surface area contributed by atoms with Crippen molar-refractivity contribution in [1.29, 1.82) is 0 Å². The molecule has 3 rings (SSSR count). The van der Waals surface area contributed by atoms with E-state index in [9.17, 15) is 4.79 Å². The van der Waals surface area contributed by atoms with Crippen LogP contribution in [0.1, 0.15) is 43.0 Å². The van der Waals surface area contributed by atoms with E-state index in [1.807, 2.05) is 19.1 Å². The molecule has 2 heterocycles. The molecule has 21 heavy (non-hydrogen) atoms. The monoisotopic (exact) mass is 289 g/mol. The van der Waals surface area contributed by atoms with E-state index in [2.05, 4.69) is 11.9 Å². The van der Waals surface area contributed by atoms with E-state index in [0.717, 1.165) is 18.6 Å². The van der Waals surface area contributed by atoms with Crippen LogP contribution in [0.3, 0.4) is 0 Å². The summed E-state index contributed by atoms with van der Waals surface area (Å²) >= 11 is 0. The smallest absolute Gasteiger partial charge is 0.338 e. The maximum Gasteiger partial charge on any atom is 0.338 e. The normalized spacial score (nSPS) is 28.4. The molecule has 0 saturated carbocycles. The molecule has 2 aliphatic rings. The van der Waals surface area contributed by atoms with Crippen molar-refractivity contribution >= 4 is 5.97 Å². The van der Waals surface area contributed by atoms with Crippen LogP contribution in [0.25, 0.3) is 0 Å². The van der Waals surface area contributed by atoms with E-state index in [0.29, 0.717) is 24.3 Å². The van der Waals surface area contributed by atoms with Gasteiger partial charge in [0.05, 0.1) is 12.2 Å². The molecule has 4 heteroatoms. The number of piperidine rings is 1. The summed E-state index contributed by atoms with van der Waals surface area (Å²) in [6.45, 7) is 2.57. The van der Waals surface area contributed by atoms with Crippen LogP contribution in [0.4, 0.5) is 0 Å². The van der Waals surface area contributed by atoms with Crippen LogP contribution in [0, 0.1) is 0 Å². The molecule has 0 amide bonds. The van der Waals surface area contributed by atoms with E-state index >= 15 is 0 Å². The minimum atomic E-state index is -0.216. The Bertz CT molecular complexity index is 485. The maximum absolute atomic E-state index is 12.2. The fourth-order valence-corrected chi connectivity index (χ4v) is 3.53. The Kier molecular flexibility index (Phi) is 4.15. The molecule has 0 spiro atoms. The zero-order chi connectivity index (χ0) is 14.8. The van der Waals surface area contributed by atoms with Gasteiger partial charge in [0.25, 0.3) is 0 Å². The van der Waals surface area contributed by atoms with E-state index in [1.54, 1.807) is 12.1 Å². The highest BCUT2D eigenvalue weighted by atomic mass is 16.5. The molecule has 114 valence electrons. The molecule has 4 nitrogen and oxygen atoms in total. The lowest BCUT2D eigenvalue weighted by Crippen LogP contribution is -2.43. The van der Waals surface area contributed by atoms with Gasteiger partial charge in [-0.15, -0.1) is 0 Å². The van der Waals surface area contributed by atoms with Gasteiger partial charge in [-0.2, -0.15) is 0 Å². The fourth-order valence-electron chi connectivity index (χ4n) is 3.53. The molecule has 2 aliphatic heterocycles. The minimum Gasteiger partial charge on any atom is -0.494 e. The van der Waals surface area contributed by atoms with Crippen molar-refractivity contribution in [2.75, 3.05) is 13.7 Å². The molecule has 2 bridgehead atoms. The minimum absolute atomic E-state index is 0.0674. The van der Waals surface area contributed by atoms with Gasteiger partial charge in [-0.1, -0.05) is 0 Å². The Morgan fingerprint density at radius 1 is 1.19 bits per heavy atom. The van der Waals surface area contributed by atoms with Gasteiger partial charge in [0.15, 0.2) is 0 Å². The summed E-state index contributed by atoms with van der Waals surface area (Å²) < 4.78 is 11.1. The lowest BCUT2D eigenvalue weighted by atomic mass is 10.0. The van der Waals surface area contributed by atoms with Crippen LogP contribution in [0.2, 0.25) is 0 Å². The first-order valence-electron chi connectivity index (χ1n) is 7.83. The maximum atomic E-state index is 12.2. The van der Waals surface area contributed by atoms with Crippen molar-refractivity contribution in [2.45, 2.75) is 50.8 Å². The van der Waals surface area contributed by atoms with Crippen molar-refractivity contribution in [1.82, 2.24) is 4.90 Å². The summed E-state index contributed by atoms with van der Waals surface area (Å²) in [4.78, 5) is 14.7. The summed E-state index contributed by atoms with van der Waals surface area (Å²) in [7, 11) is 2.19. The summed E-state index contributed by atoms with van der Waals surface area (Å²) in [5.74, 6) is 0.568. The quantitative estimate of drug-likeness (QED) is 0.799. The number of carbonyl (C=O) groups excluding carboxylic acids is 1. The highest BCUT2D eigenvalue weighted by molar-refractivity contribution is 5.89. The lowest BCUT2D eigenvalue weighted by Gasteiger charge is -2.35. The number of hydrogen-bond acceptors (Lipinski definition) is 4. The number of esters is 1. The van der Waals surface area contributed by atoms with E-state index in [4.69, 9.17) is 9.47 Å². The van der Waals surface area contributed by atoms with Crippen molar-refractivity contribution in [3.8, 4) is 5.75 Å². The van der Waals surface area contributed by atoms with Crippen LogP contribution in [-0.4, -0.2) is 42.7 Å². The molecule has 2 saturated heterocycles. The Morgan fingerprint density at radius 3 is 2.38 bits per heavy atom. The number of ether oxygens (including phenoxy) is 2. The third-order valence-corrected chi connectivity index (χ3v) is 4.73. The van der Waals surface area contributed by atoms with Crippen molar-refractivity contribution in [3.05, 3.63) is 29.8 Å². The van der Waals surface area contributed by atoms with Gasteiger partial charge in [-0.25, -0.2) is 4.79 Å². The van der Waals surface area contributed by atoms with Crippen molar-refractivity contribution in [3.63, 3.8) is 0 Å². The molecular formula is C17H23NO3. The van der Waals surface area contributed by atoms with Crippen LogP contribution in [-0.2, 0) is 4.74 Å². The molecule has 0 N–H and O–H groups in total. The SMILES string of the molecule is CCOc1ccc(C(=O)OC2C[C@H]3CC[C@@H](C2)N3C)cc1. The standard InChI is InChI=1S/C17H23NO3/c1-3-20-15-8-4-12(5-9-15)17(19)21-16-10-13-6-7-14(11-16)18(13)2/h4-5,8-9,13-14,16H,3,6-7,10-11H2,1-2H3/t13-,14+,16?. The Labute approximate surface area is 126 Å². The lowest BCUT2D eigenvalue weighted by molar-refractivity contribution is -0.000449. The van der Waals surface area contributed by atoms with Crippen LogP contribution >= 0.6 is 0 Å². The van der Waals surface area contributed by atoms with Gasteiger partial charge in [0.1, 0.15) is 11.9 Å². The van der Waals surface area contributed by atoms with Gasteiger partial charge < -0.3 is 14.4 Å². The first kappa shape index (κ1) is 14.4. The number of hydrogen-bond donors (Lipinski definition) is 0. The Hall–Kier alpha value is -1.55.